The van der Waals surface area contributed by atoms with E-state index in [4.69, 9.17) is 4.74 Å². The minimum absolute atomic E-state index is 0.477. The van der Waals surface area contributed by atoms with Gasteiger partial charge in [-0.05, 0) is 36.4 Å². The molecule has 1 heterocycles. The molecule has 0 aliphatic carbocycles. The van der Waals surface area contributed by atoms with E-state index in [-0.39, 0.29) is 0 Å². The maximum absolute atomic E-state index is 5.17. The van der Waals surface area contributed by atoms with Crippen molar-refractivity contribution in [2.75, 3.05) is 33.1 Å². The molecule has 1 rings (SSSR count). The number of aromatic nitrogens is 2. The normalized spacial score (nSPS) is 11.0. The highest BCUT2D eigenvalue weighted by Crippen LogP contribution is 2.24. The summed E-state index contributed by atoms with van der Waals surface area (Å²) in [6, 6.07) is 0. The van der Waals surface area contributed by atoms with Gasteiger partial charge in [0, 0.05) is 13.7 Å². The lowest BCUT2D eigenvalue weighted by atomic mass is 10.3. The van der Waals surface area contributed by atoms with Crippen LogP contribution in [0.4, 0.5) is 5.82 Å². The number of rotatable bonds is 7. The second-order valence-electron chi connectivity index (χ2n) is 4.35. The van der Waals surface area contributed by atoms with Crippen LogP contribution in [0.1, 0.15) is 24.9 Å². The molecule has 0 bridgehead atoms. The summed E-state index contributed by atoms with van der Waals surface area (Å²) in [6.45, 7) is 4.21. The molecule has 0 spiro atoms. The molecule has 18 heavy (non-hydrogen) atoms. The maximum atomic E-state index is 5.17. The van der Waals surface area contributed by atoms with Gasteiger partial charge in [0.2, 0.25) is 0 Å². The molecule has 0 unspecified atom stereocenters. The zero-order valence-electron chi connectivity index (χ0n) is 11.5. The van der Waals surface area contributed by atoms with Crippen LogP contribution >= 0.6 is 15.9 Å². The summed E-state index contributed by atoms with van der Waals surface area (Å²) in [4.78, 5) is 11.1. The summed E-state index contributed by atoms with van der Waals surface area (Å²) in [6.07, 6.45) is 1.05. The van der Waals surface area contributed by atoms with Gasteiger partial charge in [-0.3, -0.25) is 0 Å². The Kier molecular flexibility index (Phi) is 6.52. The topological polar surface area (TPSA) is 50.3 Å². The first kappa shape index (κ1) is 15.3. The standard InChI is InChI=1S/C12H21BrN4O/c1-5-6-14-12-11(13)9(8-18-4)15-10(16-12)7-17(2)3/h5-8H2,1-4H3,(H,14,15,16). The van der Waals surface area contributed by atoms with Gasteiger partial charge in [-0.25, -0.2) is 9.97 Å². The van der Waals surface area contributed by atoms with E-state index in [1.165, 1.54) is 0 Å². The Morgan fingerprint density at radius 3 is 2.61 bits per heavy atom. The highest BCUT2D eigenvalue weighted by atomic mass is 79.9. The predicted molar refractivity (Wildman–Crippen MR) is 76.6 cm³/mol. The smallest absolute Gasteiger partial charge is 0.145 e. The number of ether oxygens (including phenoxy) is 1. The lowest BCUT2D eigenvalue weighted by molar-refractivity contribution is 0.180. The summed E-state index contributed by atoms with van der Waals surface area (Å²) >= 11 is 3.53. The predicted octanol–water partition coefficient (Wildman–Crippen LogP) is 2.27. The van der Waals surface area contributed by atoms with Crippen molar-refractivity contribution in [3.8, 4) is 0 Å². The third-order valence-electron chi connectivity index (χ3n) is 2.25. The van der Waals surface area contributed by atoms with Crippen molar-refractivity contribution in [1.82, 2.24) is 14.9 Å². The average molecular weight is 317 g/mol. The first-order valence-corrected chi connectivity index (χ1v) is 6.80. The summed E-state index contributed by atoms with van der Waals surface area (Å²) < 4.78 is 6.06. The van der Waals surface area contributed by atoms with Crippen LogP contribution in [0.3, 0.4) is 0 Å². The lowest BCUT2D eigenvalue weighted by Gasteiger charge is -2.14. The molecule has 6 heteroatoms. The average Bonchev–Trinajstić information content (AvgIpc) is 2.31. The van der Waals surface area contributed by atoms with Crippen molar-refractivity contribution in [2.45, 2.75) is 26.5 Å². The van der Waals surface area contributed by atoms with Crippen molar-refractivity contribution < 1.29 is 4.74 Å². The van der Waals surface area contributed by atoms with Gasteiger partial charge in [0.05, 0.1) is 23.3 Å². The van der Waals surface area contributed by atoms with Crippen molar-refractivity contribution in [3.05, 3.63) is 16.0 Å². The second-order valence-corrected chi connectivity index (χ2v) is 5.14. The van der Waals surface area contributed by atoms with Crippen LogP contribution in [0.15, 0.2) is 4.47 Å². The van der Waals surface area contributed by atoms with Crippen LogP contribution in [0.2, 0.25) is 0 Å². The van der Waals surface area contributed by atoms with Gasteiger partial charge in [0.1, 0.15) is 11.6 Å². The maximum Gasteiger partial charge on any atom is 0.145 e. The Morgan fingerprint density at radius 1 is 1.33 bits per heavy atom. The molecule has 0 aromatic carbocycles. The third-order valence-corrected chi connectivity index (χ3v) is 3.08. The Bertz CT molecular complexity index is 385. The first-order chi connectivity index (χ1) is 8.58. The van der Waals surface area contributed by atoms with Crippen LogP contribution in [0.5, 0.6) is 0 Å². The molecule has 0 atom stereocenters. The molecular formula is C12H21BrN4O. The van der Waals surface area contributed by atoms with Gasteiger partial charge in [-0.1, -0.05) is 6.92 Å². The molecule has 0 radical (unpaired) electrons. The zero-order valence-corrected chi connectivity index (χ0v) is 13.0. The minimum Gasteiger partial charge on any atom is -0.378 e. The second kappa shape index (κ2) is 7.66. The molecule has 0 aliphatic heterocycles. The van der Waals surface area contributed by atoms with Gasteiger partial charge in [-0.2, -0.15) is 0 Å². The summed E-state index contributed by atoms with van der Waals surface area (Å²) in [5.74, 6) is 1.64. The van der Waals surface area contributed by atoms with Crippen molar-refractivity contribution in [1.29, 1.82) is 0 Å². The van der Waals surface area contributed by atoms with E-state index >= 15 is 0 Å². The molecule has 0 amide bonds. The molecule has 0 aliphatic rings. The highest BCUT2D eigenvalue weighted by molar-refractivity contribution is 9.10. The van der Waals surface area contributed by atoms with Crippen molar-refractivity contribution in [2.24, 2.45) is 0 Å². The number of nitrogens with zero attached hydrogens (tertiary/aromatic N) is 3. The van der Waals surface area contributed by atoms with Crippen molar-refractivity contribution >= 4 is 21.7 Å². The fourth-order valence-corrected chi connectivity index (χ4v) is 1.92. The Hall–Kier alpha value is -0.720. The summed E-state index contributed by atoms with van der Waals surface area (Å²) in [5, 5.41) is 3.30. The quantitative estimate of drug-likeness (QED) is 0.836. The van der Waals surface area contributed by atoms with Gasteiger partial charge < -0.3 is 15.0 Å². The van der Waals surface area contributed by atoms with Crippen LogP contribution in [-0.2, 0) is 17.9 Å². The number of hydrogen-bond donors (Lipinski definition) is 1. The zero-order chi connectivity index (χ0) is 13.5. The number of anilines is 1. The van der Waals surface area contributed by atoms with Crippen molar-refractivity contribution in [3.63, 3.8) is 0 Å². The van der Waals surface area contributed by atoms with Crippen LogP contribution < -0.4 is 5.32 Å². The SMILES string of the molecule is CCCNc1nc(CN(C)C)nc(COC)c1Br. The lowest BCUT2D eigenvalue weighted by Crippen LogP contribution is -2.16. The molecular weight excluding hydrogens is 296 g/mol. The molecule has 1 aromatic rings. The Balaban J connectivity index is 3.01. The van der Waals surface area contributed by atoms with Crippen LogP contribution in [-0.4, -0.2) is 42.6 Å². The van der Waals surface area contributed by atoms with Gasteiger partial charge in [-0.15, -0.1) is 0 Å². The molecule has 102 valence electrons. The van der Waals surface area contributed by atoms with E-state index in [1.807, 2.05) is 19.0 Å². The van der Waals surface area contributed by atoms with E-state index < -0.39 is 0 Å². The summed E-state index contributed by atoms with van der Waals surface area (Å²) in [7, 11) is 5.67. The number of nitrogens with one attached hydrogen (secondary N) is 1. The fraction of sp³-hybridized carbons (Fsp3) is 0.667. The minimum atomic E-state index is 0.477. The largest absolute Gasteiger partial charge is 0.378 e. The molecule has 1 N–H and O–H groups in total. The van der Waals surface area contributed by atoms with Crippen LogP contribution in [0, 0.1) is 0 Å². The van der Waals surface area contributed by atoms with E-state index in [0.29, 0.717) is 13.2 Å². The fourth-order valence-electron chi connectivity index (χ4n) is 1.49. The monoisotopic (exact) mass is 316 g/mol. The van der Waals surface area contributed by atoms with Gasteiger partial charge >= 0.3 is 0 Å². The first-order valence-electron chi connectivity index (χ1n) is 6.01. The van der Waals surface area contributed by atoms with E-state index in [9.17, 15) is 0 Å². The van der Waals surface area contributed by atoms with Gasteiger partial charge in [0.25, 0.3) is 0 Å². The van der Waals surface area contributed by atoms with Crippen LogP contribution in [0.25, 0.3) is 0 Å². The number of methoxy groups -OCH3 is 1. The molecule has 0 fully saturated rings. The third kappa shape index (κ3) is 4.51. The highest BCUT2D eigenvalue weighted by Gasteiger charge is 2.12. The Morgan fingerprint density at radius 2 is 2.06 bits per heavy atom. The molecule has 0 saturated heterocycles. The molecule has 5 nitrogen and oxygen atoms in total. The molecule has 1 aromatic heterocycles. The van der Waals surface area contributed by atoms with E-state index in [1.54, 1.807) is 7.11 Å². The molecule has 0 saturated carbocycles. The summed E-state index contributed by atoms with van der Waals surface area (Å²) in [5.41, 5.74) is 0.878. The number of hydrogen-bond acceptors (Lipinski definition) is 5. The van der Waals surface area contributed by atoms with E-state index in [2.05, 4.69) is 38.1 Å². The Labute approximate surface area is 117 Å². The van der Waals surface area contributed by atoms with Gasteiger partial charge in [0.15, 0.2) is 0 Å². The number of halogens is 1. The van der Waals surface area contributed by atoms with E-state index in [0.717, 1.165) is 34.8 Å².